The van der Waals surface area contributed by atoms with Crippen LogP contribution >= 0.6 is 15.9 Å². The first-order chi connectivity index (χ1) is 11.6. The molecule has 4 nitrogen and oxygen atoms in total. The summed E-state index contributed by atoms with van der Waals surface area (Å²) in [6.07, 6.45) is 9.08. The van der Waals surface area contributed by atoms with Gasteiger partial charge in [0.1, 0.15) is 0 Å². The number of rotatable bonds is 4. The van der Waals surface area contributed by atoms with Crippen molar-refractivity contribution in [2.45, 2.75) is 54.2 Å². The summed E-state index contributed by atoms with van der Waals surface area (Å²) in [6, 6.07) is 6.42. The van der Waals surface area contributed by atoms with Crippen molar-refractivity contribution in [3.8, 4) is 0 Å². The molecule has 1 aromatic carbocycles. The van der Waals surface area contributed by atoms with Crippen LogP contribution in [0, 0.1) is 17.3 Å². The van der Waals surface area contributed by atoms with Gasteiger partial charge in [0.2, 0.25) is 5.91 Å². The van der Waals surface area contributed by atoms with E-state index in [1.165, 1.54) is 38.4 Å². The van der Waals surface area contributed by atoms with E-state index in [4.69, 9.17) is 0 Å². The molecule has 2 unspecified atom stereocenters. The first kappa shape index (κ1) is 17.5. The molecule has 2 atom stereocenters. The second kappa shape index (κ2) is 5.81. The molecule has 5 rings (SSSR count). The lowest BCUT2D eigenvalue weighted by atomic mass is 9.48. The number of nitrogens with one attached hydrogen (secondary N) is 1. The van der Waals surface area contributed by atoms with Crippen molar-refractivity contribution in [3.63, 3.8) is 0 Å². The van der Waals surface area contributed by atoms with Gasteiger partial charge in [0.15, 0.2) is 9.84 Å². The topological polar surface area (TPSA) is 63.2 Å². The average Bonchev–Trinajstić information content (AvgIpc) is 2.43. The van der Waals surface area contributed by atoms with E-state index in [1.807, 2.05) is 0 Å². The molecule has 0 heterocycles. The first-order valence-corrected chi connectivity index (χ1v) is 11.6. The number of halogens is 1. The van der Waals surface area contributed by atoms with Gasteiger partial charge in [0.05, 0.1) is 4.90 Å². The molecule has 4 bridgehead atoms. The Hall–Kier alpha value is -0.880. The molecule has 6 heteroatoms. The summed E-state index contributed by atoms with van der Waals surface area (Å²) in [4.78, 5) is 12.9. The number of carbonyl (C=O) groups excluding carboxylic acids is 1. The standard InChI is InChI=1S/C19H24BrNO3S/c1-25(23,24)16-4-2-15(3-5-16)21-17(22)11-18-7-13-6-14(8-18)10-19(20,9-13)12-18/h2-5,13-14H,6-12H2,1H3,(H,21,22). The van der Waals surface area contributed by atoms with E-state index in [9.17, 15) is 13.2 Å². The fourth-order valence-electron chi connectivity index (χ4n) is 5.87. The highest BCUT2D eigenvalue weighted by atomic mass is 79.9. The van der Waals surface area contributed by atoms with Gasteiger partial charge in [-0.05, 0) is 80.0 Å². The number of sulfone groups is 1. The van der Waals surface area contributed by atoms with E-state index in [1.54, 1.807) is 24.3 Å². The Morgan fingerprint density at radius 1 is 1.16 bits per heavy atom. The maximum Gasteiger partial charge on any atom is 0.224 e. The predicted octanol–water partition coefficient (Wildman–Crippen LogP) is 4.15. The van der Waals surface area contributed by atoms with Crippen LogP contribution in [0.25, 0.3) is 0 Å². The number of hydrogen-bond acceptors (Lipinski definition) is 3. The van der Waals surface area contributed by atoms with Crippen molar-refractivity contribution < 1.29 is 13.2 Å². The van der Waals surface area contributed by atoms with Crippen molar-refractivity contribution in [2.75, 3.05) is 11.6 Å². The van der Waals surface area contributed by atoms with Crippen LogP contribution in [0.1, 0.15) is 44.9 Å². The highest BCUT2D eigenvalue weighted by Gasteiger charge is 2.57. The second-order valence-corrected chi connectivity index (χ2v) is 12.3. The SMILES string of the molecule is CS(=O)(=O)c1ccc(NC(=O)CC23CC4CC(CC(Br)(C4)C2)C3)cc1. The number of amides is 1. The summed E-state index contributed by atoms with van der Waals surface area (Å²) in [5.74, 6) is 1.58. The lowest BCUT2D eigenvalue weighted by molar-refractivity contribution is -0.123. The Morgan fingerprint density at radius 3 is 2.28 bits per heavy atom. The maximum absolute atomic E-state index is 12.6. The molecule has 4 aliphatic rings. The molecular formula is C19H24BrNO3S. The first-order valence-electron chi connectivity index (χ1n) is 8.94. The molecule has 25 heavy (non-hydrogen) atoms. The average molecular weight is 426 g/mol. The molecule has 136 valence electrons. The van der Waals surface area contributed by atoms with Crippen LogP contribution in [0.5, 0.6) is 0 Å². The lowest BCUT2D eigenvalue weighted by Gasteiger charge is -2.60. The Bertz CT molecular complexity index is 788. The zero-order chi connectivity index (χ0) is 17.9. The van der Waals surface area contributed by atoms with Gasteiger partial charge in [-0.3, -0.25) is 4.79 Å². The molecule has 4 saturated carbocycles. The number of alkyl halides is 1. The molecule has 0 spiro atoms. The molecule has 4 fully saturated rings. The monoisotopic (exact) mass is 425 g/mol. The van der Waals surface area contributed by atoms with Gasteiger partial charge in [-0.1, -0.05) is 15.9 Å². The minimum absolute atomic E-state index is 0.0464. The normalized spacial score (nSPS) is 36.4. The van der Waals surface area contributed by atoms with Gasteiger partial charge >= 0.3 is 0 Å². The quantitative estimate of drug-likeness (QED) is 0.736. The molecule has 0 aliphatic heterocycles. The van der Waals surface area contributed by atoms with Crippen LogP contribution in [0.2, 0.25) is 0 Å². The molecular weight excluding hydrogens is 402 g/mol. The molecule has 0 saturated heterocycles. The van der Waals surface area contributed by atoms with Crippen LogP contribution in [0.3, 0.4) is 0 Å². The summed E-state index contributed by atoms with van der Waals surface area (Å²) >= 11 is 3.99. The number of benzene rings is 1. The van der Waals surface area contributed by atoms with Gasteiger partial charge in [-0.15, -0.1) is 0 Å². The van der Waals surface area contributed by atoms with E-state index in [2.05, 4.69) is 21.2 Å². The van der Waals surface area contributed by atoms with Gasteiger partial charge < -0.3 is 5.32 Å². The summed E-state index contributed by atoms with van der Waals surface area (Å²) in [5.41, 5.74) is 0.806. The molecule has 1 amide bonds. The Morgan fingerprint density at radius 2 is 1.76 bits per heavy atom. The predicted molar refractivity (Wildman–Crippen MR) is 102 cm³/mol. The molecule has 0 aromatic heterocycles. The van der Waals surface area contributed by atoms with Crippen molar-refractivity contribution in [3.05, 3.63) is 24.3 Å². The lowest BCUT2D eigenvalue weighted by Crippen LogP contribution is -2.53. The fourth-order valence-corrected chi connectivity index (χ4v) is 8.01. The number of hydrogen-bond donors (Lipinski definition) is 1. The Labute approximate surface area is 157 Å². The summed E-state index contributed by atoms with van der Waals surface area (Å²) < 4.78 is 23.3. The number of carbonyl (C=O) groups is 1. The van der Waals surface area contributed by atoms with E-state index in [0.29, 0.717) is 12.1 Å². The van der Waals surface area contributed by atoms with Crippen molar-refractivity contribution in [2.24, 2.45) is 17.3 Å². The highest BCUT2D eigenvalue weighted by molar-refractivity contribution is 9.10. The highest BCUT2D eigenvalue weighted by Crippen LogP contribution is 2.65. The van der Waals surface area contributed by atoms with Gasteiger partial charge in [-0.25, -0.2) is 8.42 Å². The van der Waals surface area contributed by atoms with Crippen LogP contribution in [0.4, 0.5) is 5.69 Å². The van der Waals surface area contributed by atoms with Crippen molar-refractivity contribution in [1.82, 2.24) is 0 Å². The molecule has 0 radical (unpaired) electrons. The Balaban J connectivity index is 1.44. The molecule has 1 aromatic rings. The summed E-state index contributed by atoms with van der Waals surface area (Å²) in [6.45, 7) is 0. The van der Waals surface area contributed by atoms with Crippen molar-refractivity contribution in [1.29, 1.82) is 0 Å². The second-order valence-electron chi connectivity index (χ2n) is 8.63. The minimum Gasteiger partial charge on any atom is -0.326 e. The third kappa shape index (κ3) is 3.52. The van der Waals surface area contributed by atoms with Gasteiger partial charge in [-0.2, -0.15) is 0 Å². The third-order valence-corrected chi connectivity index (χ3v) is 8.27. The fraction of sp³-hybridized carbons (Fsp3) is 0.632. The van der Waals surface area contributed by atoms with Crippen LogP contribution in [-0.4, -0.2) is 24.9 Å². The minimum atomic E-state index is -3.21. The zero-order valence-corrected chi connectivity index (χ0v) is 16.8. The van der Waals surface area contributed by atoms with Crippen LogP contribution in [-0.2, 0) is 14.6 Å². The van der Waals surface area contributed by atoms with Gasteiger partial charge in [0, 0.05) is 22.7 Å². The number of anilines is 1. The van der Waals surface area contributed by atoms with E-state index in [0.717, 1.165) is 18.3 Å². The molecule has 1 N–H and O–H groups in total. The van der Waals surface area contributed by atoms with Crippen LogP contribution < -0.4 is 5.32 Å². The summed E-state index contributed by atoms with van der Waals surface area (Å²) in [5, 5.41) is 2.96. The summed E-state index contributed by atoms with van der Waals surface area (Å²) in [7, 11) is -3.21. The smallest absolute Gasteiger partial charge is 0.224 e. The van der Waals surface area contributed by atoms with Crippen LogP contribution in [0.15, 0.2) is 29.2 Å². The van der Waals surface area contributed by atoms with E-state index < -0.39 is 9.84 Å². The van der Waals surface area contributed by atoms with Crippen molar-refractivity contribution >= 4 is 37.4 Å². The third-order valence-electron chi connectivity index (χ3n) is 6.21. The Kier molecular flexibility index (Phi) is 4.07. The van der Waals surface area contributed by atoms with Gasteiger partial charge in [0.25, 0.3) is 0 Å². The maximum atomic E-state index is 12.6. The molecule has 4 aliphatic carbocycles. The zero-order valence-electron chi connectivity index (χ0n) is 14.4. The largest absolute Gasteiger partial charge is 0.326 e. The van der Waals surface area contributed by atoms with E-state index in [-0.39, 0.29) is 20.5 Å². The van der Waals surface area contributed by atoms with E-state index >= 15 is 0 Å².